The quantitative estimate of drug-likeness (QED) is 0.160. The molecule has 0 bridgehead atoms. The van der Waals surface area contributed by atoms with E-state index in [-0.39, 0.29) is 0 Å². The normalized spacial score (nSPS) is 11.8. The Morgan fingerprint density at radius 1 is 0.304 bits per heavy atom. The molecular weight excluding hydrogens is 859 g/mol. The molecule has 14 aromatic rings. The van der Waals surface area contributed by atoms with E-state index in [4.69, 9.17) is 15.0 Å². The Balaban J connectivity index is 1.05. The molecule has 0 aliphatic rings. The predicted molar refractivity (Wildman–Crippen MR) is 289 cm³/mol. The summed E-state index contributed by atoms with van der Waals surface area (Å²) in [6.07, 6.45) is 0. The third kappa shape index (κ3) is 6.34. The Morgan fingerprint density at radius 3 is 1.57 bits per heavy atom. The van der Waals surface area contributed by atoms with Gasteiger partial charge in [0.25, 0.3) is 0 Å². The first kappa shape index (κ1) is 39.2. The van der Waals surface area contributed by atoms with Crippen molar-refractivity contribution in [1.82, 2.24) is 24.1 Å². The van der Waals surface area contributed by atoms with E-state index in [2.05, 4.69) is 221 Å². The molecule has 10 aromatic carbocycles. The van der Waals surface area contributed by atoms with Gasteiger partial charge in [0, 0.05) is 64.1 Å². The zero-order valence-corrected chi connectivity index (χ0v) is 38.0. The van der Waals surface area contributed by atoms with Gasteiger partial charge in [0.1, 0.15) is 0 Å². The van der Waals surface area contributed by atoms with Crippen molar-refractivity contribution in [3.05, 3.63) is 237 Å². The van der Waals surface area contributed by atoms with Gasteiger partial charge in [-0.25, -0.2) is 15.0 Å². The van der Waals surface area contributed by atoms with Crippen molar-refractivity contribution in [2.24, 2.45) is 0 Å². The van der Waals surface area contributed by atoms with Crippen molar-refractivity contribution in [1.29, 1.82) is 0 Å². The highest BCUT2D eigenvalue weighted by Crippen LogP contribution is 2.48. The first-order valence-corrected chi connectivity index (χ1v) is 24.1. The molecule has 0 spiro atoms. The summed E-state index contributed by atoms with van der Waals surface area (Å²) in [5.74, 6) is 1.90. The maximum absolute atomic E-state index is 5.35. The smallest absolute Gasteiger partial charge is 0.164 e. The number of aromatic nitrogens is 5. The third-order valence-corrected chi connectivity index (χ3v) is 14.7. The molecule has 0 aliphatic heterocycles. The summed E-state index contributed by atoms with van der Waals surface area (Å²) in [6, 6.07) is 84.5. The van der Waals surface area contributed by atoms with Gasteiger partial charge in [0.05, 0.1) is 27.8 Å². The molecule has 0 saturated carbocycles. The van der Waals surface area contributed by atoms with Crippen LogP contribution in [-0.4, -0.2) is 24.1 Å². The number of para-hydroxylation sites is 3. The van der Waals surface area contributed by atoms with E-state index in [0.29, 0.717) is 17.5 Å². The highest BCUT2D eigenvalue weighted by molar-refractivity contribution is 7.26. The number of benzene rings is 10. The molecule has 4 heterocycles. The molecule has 69 heavy (non-hydrogen) atoms. The van der Waals surface area contributed by atoms with E-state index in [1.807, 2.05) is 35.6 Å². The number of nitrogens with zero attached hydrogens (tertiary/aromatic N) is 5. The fourth-order valence-electron chi connectivity index (χ4n) is 10.5. The monoisotopic (exact) mass is 897 g/mol. The van der Waals surface area contributed by atoms with Crippen molar-refractivity contribution >= 4 is 75.1 Å². The van der Waals surface area contributed by atoms with Gasteiger partial charge in [-0.15, -0.1) is 11.3 Å². The van der Waals surface area contributed by atoms with Crippen LogP contribution in [0.1, 0.15) is 0 Å². The van der Waals surface area contributed by atoms with Crippen LogP contribution in [0.25, 0.3) is 132 Å². The molecule has 0 unspecified atom stereocenters. The summed E-state index contributed by atoms with van der Waals surface area (Å²) in [5, 5.41) is 7.12. The summed E-state index contributed by atoms with van der Waals surface area (Å²) in [6.45, 7) is 0. The lowest BCUT2D eigenvalue weighted by atomic mass is 10.0. The molecule has 0 saturated heterocycles. The Bertz CT molecular complexity index is 4270. The van der Waals surface area contributed by atoms with Gasteiger partial charge in [-0.2, -0.15) is 0 Å². The van der Waals surface area contributed by atoms with E-state index < -0.39 is 0 Å². The zero-order valence-electron chi connectivity index (χ0n) is 37.2. The maximum atomic E-state index is 5.35. The summed E-state index contributed by atoms with van der Waals surface area (Å²) in [5.41, 5.74) is 14.4. The van der Waals surface area contributed by atoms with Gasteiger partial charge in [0.2, 0.25) is 0 Å². The minimum Gasteiger partial charge on any atom is -0.307 e. The Morgan fingerprint density at radius 2 is 0.826 bits per heavy atom. The van der Waals surface area contributed by atoms with Crippen LogP contribution in [0.15, 0.2) is 237 Å². The minimum absolute atomic E-state index is 0.630. The number of thiophene rings is 1. The van der Waals surface area contributed by atoms with Gasteiger partial charge in [-0.05, 0) is 70.8 Å². The van der Waals surface area contributed by atoms with Crippen LogP contribution in [0.2, 0.25) is 0 Å². The predicted octanol–water partition coefficient (Wildman–Crippen LogP) is 16.8. The average molecular weight is 898 g/mol. The zero-order chi connectivity index (χ0) is 45.4. The molecule has 6 heteroatoms. The molecule has 14 rings (SSSR count). The second-order valence-electron chi connectivity index (χ2n) is 17.5. The lowest BCUT2D eigenvalue weighted by molar-refractivity contribution is 1.08. The number of hydrogen-bond donors (Lipinski definition) is 0. The number of fused-ring (bicyclic) bond motifs is 10. The topological polar surface area (TPSA) is 48.5 Å². The number of rotatable bonds is 7. The molecule has 5 nitrogen and oxygen atoms in total. The van der Waals surface area contributed by atoms with Crippen LogP contribution in [-0.2, 0) is 0 Å². The summed E-state index contributed by atoms with van der Waals surface area (Å²) < 4.78 is 7.35. The Kier molecular flexibility index (Phi) is 9.00. The average Bonchev–Trinajstić information content (AvgIpc) is 4.09. The van der Waals surface area contributed by atoms with Crippen molar-refractivity contribution in [2.45, 2.75) is 0 Å². The van der Waals surface area contributed by atoms with Gasteiger partial charge in [-0.3, -0.25) is 0 Å². The van der Waals surface area contributed by atoms with E-state index in [1.54, 1.807) is 0 Å². The third-order valence-electron chi connectivity index (χ3n) is 13.6. The highest BCUT2D eigenvalue weighted by atomic mass is 32.1. The van der Waals surface area contributed by atoms with Crippen molar-refractivity contribution in [3.8, 4) is 67.8 Å². The fourth-order valence-corrected chi connectivity index (χ4v) is 11.6. The molecular formula is C63H39N5S. The largest absolute Gasteiger partial charge is 0.307 e. The summed E-state index contributed by atoms with van der Waals surface area (Å²) >= 11 is 1.82. The Hall–Kier alpha value is -8.97. The molecule has 0 radical (unpaired) electrons. The standard InChI is InChI=1S/C63H39N5S/c1-5-17-40(18-6-1)42-31-33-44(34-32-42)62-64-61(43-21-9-3-10-22-43)65-63(66-62)50-27-16-30-55-57(50)58-56(69-55)38-36-49-48-26-15-29-54(59(48)67(60(49)58)46-23-11-4-12-24-46)68-52-28-14-13-25-47(52)51-39-45(35-37-53(51)68)41-19-7-2-8-20-41/h1-39H. The van der Waals surface area contributed by atoms with Gasteiger partial charge >= 0.3 is 0 Å². The molecule has 0 N–H and O–H groups in total. The van der Waals surface area contributed by atoms with Crippen LogP contribution in [0.5, 0.6) is 0 Å². The van der Waals surface area contributed by atoms with E-state index >= 15 is 0 Å². The van der Waals surface area contributed by atoms with Crippen LogP contribution >= 0.6 is 11.3 Å². The summed E-state index contributed by atoms with van der Waals surface area (Å²) in [4.78, 5) is 15.8. The molecule has 4 aromatic heterocycles. The Labute approximate surface area is 401 Å². The van der Waals surface area contributed by atoms with Crippen molar-refractivity contribution < 1.29 is 0 Å². The molecule has 322 valence electrons. The molecule has 0 amide bonds. The fraction of sp³-hybridized carbons (Fsp3) is 0. The highest BCUT2D eigenvalue weighted by Gasteiger charge is 2.25. The lowest BCUT2D eigenvalue weighted by Crippen LogP contribution is -2.01. The molecule has 0 fully saturated rings. The second-order valence-corrected chi connectivity index (χ2v) is 18.6. The van der Waals surface area contributed by atoms with Gasteiger partial charge in [0.15, 0.2) is 17.5 Å². The van der Waals surface area contributed by atoms with Crippen molar-refractivity contribution in [2.75, 3.05) is 0 Å². The van der Waals surface area contributed by atoms with Crippen LogP contribution < -0.4 is 0 Å². The van der Waals surface area contributed by atoms with Gasteiger partial charge < -0.3 is 9.13 Å². The van der Waals surface area contributed by atoms with E-state index in [0.717, 1.165) is 61.1 Å². The van der Waals surface area contributed by atoms with E-state index in [9.17, 15) is 0 Å². The first-order valence-electron chi connectivity index (χ1n) is 23.3. The van der Waals surface area contributed by atoms with E-state index in [1.165, 1.54) is 53.0 Å². The van der Waals surface area contributed by atoms with Crippen molar-refractivity contribution in [3.63, 3.8) is 0 Å². The van der Waals surface area contributed by atoms with Crippen LogP contribution in [0.4, 0.5) is 0 Å². The first-order chi connectivity index (χ1) is 34.2. The lowest BCUT2D eigenvalue weighted by Gasteiger charge is -2.15. The van der Waals surface area contributed by atoms with Crippen LogP contribution in [0.3, 0.4) is 0 Å². The van der Waals surface area contributed by atoms with Gasteiger partial charge in [-0.1, -0.05) is 188 Å². The molecule has 0 atom stereocenters. The van der Waals surface area contributed by atoms with Crippen LogP contribution in [0, 0.1) is 0 Å². The maximum Gasteiger partial charge on any atom is 0.164 e. The minimum atomic E-state index is 0.630. The SMILES string of the molecule is c1ccc(-c2ccc(-c3nc(-c4ccccc4)nc(-c4cccc5sc6ccc7c8cccc(-n9c%10ccccc%10c%10cc(-c%11ccccc%11)ccc%109)c8n(-c8ccccc8)c7c6c45)n3)cc2)cc1. The second kappa shape index (κ2) is 15.8. The molecule has 0 aliphatic carbocycles. The number of hydrogen-bond acceptors (Lipinski definition) is 4. The summed E-state index contributed by atoms with van der Waals surface area (Å²) in [7, 11) is 0.